The number of hydrogen-bond donors (Lipinski definition) is 0. The SMILES string of the molecule is O=S(=O)(OCCC/C=C/CC(F)(F)F)c1ccc(Cl)cc1. The molecule has 1 rings (SSSR count). The van der Waals surface area contributed by atoms with Gasteiger partial charge < -0.3 is 0 Å². The molecule has 1 aromatic carbocycles. The Balaban J connectivity index is 2.33. The third-order valence-corrected chi connectivity index (χ3v) is 3.95. The zero-order chi connectivity index (χ0) is 15.9. The fraction of sp³-hybridized carbons (Fsp3) is 0.385. The number of benzene rings is 1. The van der Waals surface area contributed by atoms with Gasteiger partial charge in [-0.25, -0.2) is 0 Å². The molecule has 0 saturated heterocycles. The van der Waals surface area contributed by atoms with E-state index in [1.807, 2.05) is 0 Å². The topological polar surface area (TPSA) is 43.4 Å². The van der Waals surface area contributed by atoms with Gasteiger partial charge in [0.15, 0.2) is 0 Å². The Bertz CT molecular complexity index is 565. The molecule has 0 unspecified atom stereocenters. The van der Waals surface area contributed by atoms with Crippen molar-refractivity contribution >= 4 is 21.7 Å². The van der Waals surface area contributed by atoms with Gasteiger partial charge in [-0.05, 0) is 37.1 Å². The fourth-order valence-electron chi connectivity index (χ4n) is 1.37. The van der Waals surface area contributed by atoms with Crippen LogP contribution in [0.4, 0.5) is 13.2 Å². The summed E-state index contributed by atoms with van der Waals surface area (Å²) >= 11 is 5.65. The maximum atomic E-state index is 11.8. The van der Waals surface area contributed by atoms with E-state index in [2.05, 4.69) is 0 Å². The molecule has 1 aromatic rings. The summed E-state index contributed by atoms with van der Waals surface area (Å²) in [6.45, 7) is -0.0959. The zero-order valence-corrected chi connectivity index (χ0v) is 12.5. The molecule has 0 N–H and O–H groups in total. The number of halogens is 4. The van der Waals surface area contributed by atoms with Crippen LogP contribution in [-0.2, 0) is 14.3 Å². The van der Waals surface area contributed by atoms with Crippen LogP contribution < -0.4 is 0 Å². The molecule has 118 valence electrons. The minimum absolute atomic E-state index is 0.0143. The van der Waals surface area contributed by atoms with Crippen molar-refractivity contribution in [3.8, 4) is 0 Å². The highest BCUT2D eigenvalue weighted by molar-refractivity contribution is 7.86. The second kappa shape index (κ2) is 7.82. The Morgan fingerprint density at radius 1 is 1.14 bits per heavy atom. The Kier molecular flexibility index (Phi) is 6.70. The summed E-state index contributed by atoms with van der Waals surface area (Å²) in [7, 11) is -3.86. The zero-order valence-electron chi connectivity index (χ0n) is 10.9. The van der Waals surface area contributed by atoms with Gasteiger partial charge in [-0.15, -0.1) is 0 Å². The van der Waals surface area contributed by atoms with Crippen molar-refractivity contribution in [2.45, 2.75) is 30.3 Å². The first kappa shape index (κ1) is 18.0. The predicted octanol–water partition coefficient (Wildman–Crippen LogP) is 4.33. The first-order valence-electron chi connectivity index (χ1n) is 6.07. The van der Waals surface area contributed by atoms with E-state index in [9.17, 15) is 21.6 Å². The second-order valence-electron chi connectivity index (χ2n) is 4.16. The van der Waals surface area contributed by atoms with Crippen LogP contribution in [0, 0.1) is 0 Å². The van der Waals surface area contributed by atoms with E-state index >= 15 is 0 Å². The molecule has 0 aromatic heterocycles. The molecule has 0 heterocycles. The summed E-state index contributed by atoms with van der Waals surface area (Å²) in [5.74, 6) is 0. The lowest BCUT2D eigenvalue weighted by molar-refractivity contribution is -0.125. The van der Waals surface area contributed by atoms with Gasteiger partial charge in [0.2, 0.25) is 0 Å². The number of hydrogen-bond acceptors (Lipinski definition) is 3. The monoisotopic (exact) mass is 342 g/mol. The Labute approximate surface area is 126 Å². The normalized spacial score (nSPS) is 13.0. The van der Waals surface area contributed by atoms with E-state index in [-0.39, 0.29) is 11.5 Å². The van der Waals surface area contributed by atoms with Crippen LogP contribution in [-0.4, -0.2) is 21.2 Å². The van der Waals surface area contributed by atoms with Crippen molar-refractivity contribution in [2.24, 2.45) is 0 Å². The number of alkyl halides is 3. The van der Waals surface area contributed by atoms with Gasteiger partial charge in [-0.3, -0.25) is 4.18 Å². The van der Waals surface area contributed by atoms with Crippen LogP contribution in [0.3, 0.4) is 0 Å². The van der Waals surface area contributed by atoms with Crippen molar-refractivity contribution in [3.63, 3.8) is 0 Å². The lowest BCUT2D eigenvalue weighted by Crippen LogP contribution is -2.07. The van der Waals surface area contributed by atoms with Crippen LogP contribution in [0.25, 0.3) is 0 Å². The van der Waals surface area contributed by atoms with Gasteiger partial charge in [0, 0.05) is 5.02 Å². The van der Waals surface area contributed by atoms with Crippen molar-refractivity contribution in [2.75, 3.05) is 6.61 Å². The van der Waals surface area contributed by atoms with Gasteiger partial charge in [-0.1, -0.05) is 23.8 Å². The molecule has 0 spiro atoms. The summed E-state index contributed by atoms with van der Waals surface area (Å²) in [6, 6.07) is 5.50. The molecule has 0 aliphatic rings. The third kappa shape index (κ3) is 7.50. The van der Waals surface area contributed by atoms with Crippen LogP contribution in [0.1, 0.15) is 19.3 Å². The fourth-order valence-corrected chi connectivity index (χ4v) is 2.44. The van der Waals surface area contributed by atoms with Crippen molar-refractivity contribution in [1.29, 1.82) is 0 Å². The molecule has 3 nitrogen and oxygen atoms in total. The van der Waals surface area contributed by atoms with Gasteiger partial charge in [0.1, 0.15) is 0 Å². The van der Waals surface area contributed by atoms with Crippen LogP contribution in [0.15, 0.2) is 41.3 Å². The molecule has 21 heavy (non-hydrogen) atoms. The number of rotatable bonds is 7. The first-order chi connectivity index (χ1) is 9.71. The molecule has 0 aliphatic carbocycles. The summed E-state index contributed by atoms with van der Waals surface area (Å²) in [6.07, 6.45) is -2.23. The smallest absolute Gasteiger partial charge is 0.266 e. The maximum Gasteiger partial charge on any atom is 0.392 e. The van der Waals surface area contributed by atoms with Crippen LogP contribution >= 0.6 is 11.6 Å². The van der Waals surface area contributed by atoms with Gasteiger partial charge in [0.05, 0.1) is 17.9 Å². The standard InChI is InChI=1S/C13H14ClF3O3S/c14-11-5-7-12(8-6-11)21(18,19)20-10-4-2-1-3-9-13(15,16)17/h1,3,5-8H,2,4,9-10H2/b3-1+. The minimum Gasteiger partial charge on any atom is -0.266 e. The molecular formula is C13H14ClF3O3S. The minimum atomic E-state index is -4.22. The highest BCUT2D eigenvalue weighted by atomic mass is 35.5. The van der Waals surface area contributed by atoms with Crippen LogP contribution in [0.5, 0.6) is 0 Å². The quantitative estimate of drug-likeness (QED) is 0.421. The largest absolute Gasteiger partial charge is 0.392 e. The molecule has 0 atom stereocenters. The van der Waals surface area contributed by atoms with Crippen molar-refractivity contribution < 1.29 is 25.8 Å². The molecule has 0 saturated carbocycles. The molecule has 0 aliphatic heterocycles. The third-order valence-electron chi connectivity index (χ3n) is 2.37. The maximum absolute atomic E-state index is 11.8. The summed E-state index contributed by atoms with van der Waals surface area (Å²) in [5, 5.41) is 0.406. The first-order valence-corrected chi connectivity index (χ1v) is 7.86. The molecule has 8 heteroatoms. The highest BCUT2D eigenvalue weighted by Gasteiger charge is 2.24. The Morgan fingerprint density at radius 2 is 1.76 bits per heavy atom. The van der Waals surface area contributed by atoms with Crippen LogP contribution in [0.2, 0.25) is 5.02 Å². The molecular weight excluding hydrogens is 329 g/mol. The molecule has 0 radical (unpaired) electrons. The second-order valence-corrected chi connectivity index (χ2v) is 6.21. The van der Waals surface area contributed by atoms with Crippen molar-refractivity contribution in [1.82, 2.24) is 0 Å². The predicted molar refractivity (Wildman–Crippen MR) is 73.6 cm³/mol. The molecule has 0 amide bonds. The lowest BCUT2D eigenvalue weighted by Gasteiger charge is -2.05. The number of unbranched alkanes of at least 4 members (excludes halogenated alkanes) is 1. The van der Waals surface area contributed by atoms with E-state index < -0.39 is 22.7 Å². The average Bonchev–Trinajstić information content (AvgIpc) is 2.36. The van der Waals surface area contributed by atoms with E-state index in [1.165, 1.54) is 30.3 Å². The Morgan fingerprint density at radius 3 is 2.33 bits per heavy atom. The summed E-state index contributed by atoms with van der Waals surface area (Å²) in [5.41, 5.74) is 0. The average molecular weight is 343 g/mol. The number of allylic oxidation sites excluding steroid dienone is 2. The summed E-state index contributed by atoms with van der Waals surface area (Å²) < 4.78 is 63.8. The van der Waals surface area contributed by atoms with Gasteiger partial charge >= 0.3 is 6.18 Å². The molecule has 0 fully saturated rings. The van der Waals surface area contributed by atoms with E-state index in [0.29, 0.717) is 17.9 Å². The van der Waals surface area contributed by atoms with Gasteiger partial charge in [0.25, 0.3) is 10.1 Å². The van der Waals surface area contributed by atoms with E-state index in [0.717, 1.165) is 6.08 Å². The van der Waals surface area contributed by atoms with E-state index in [1.54, 1.807) is 0 Å². The van der Waals surface area contributed by atoms with Crippen molar-refractivity contribution in [3.05, 3.63) is 41.4 Å². The Hall–Kier alpha value is -1.05. The van der Waals surface area contributed by atoms with Gasteiger partial charge in [-0.2, -0.15) is 21.6 Å². The summed E-state index contributed by atoms with van der Waals surface area (Å²) in [4.78, 5) is -0.0143. The lowest BCUT2D eigenvalue weighted by atomic mass is 10.3. The van der Waals surface area contributed by atoms with E-state index in [4.69, 9.17) is 15.8 Å². The molecule has 0 bridgehead atoms. The highest BCUT2D eigenvalue weighted by Crippen LogP contribution is 2.20.